The van der Waals surface area contributed by atoms with Gasteiger partial charge in [-0.15, -0.1) is 0 Å². The van der Waals surface area contributed by atoms with E-state index in [-0.39, 0.29) is 6.61 Å². The number of para-hydroxylation sites is 1. The highest BCUT2D eigenvalue weighted by molar-refractivity contribution is 5.84. The highest BCUT2D eigenvalue weighted by Gasteiger charge is 2.17. The maximum absolute atomic E-state index is 11.7. The van der Waals surface area contributed by atoms with Crippen molar-refractivity contribution in [1.29, 1.82) is 0 Å². The number of esters is 1. The molecule has 0 saturated carbocycles. The summed E-state index contributed by atoms with van der Waals surface area (Å²) < 4.78 is 5.05. The van der Waals surface area contributed by atoms with Crippen LogP contribution in [0.15, 0.2) is 42.6 Å². The number of hydrogen-bond donors (Lipinski definition) is 2. The molecule has 0 aliphatic heterocycles. The molecule has 100 valence electrons. The number of ether oxygens (including phenoxy) is 1. The molecular weight excluding hydrogens is 240 g/mol. The lowest BCUT2D eigenvalue weighted by Crippen LogP contribution is -2.34. The zero-order valence-corrected chi connectivity index (χ0v) is 11.0. The van der Waals surface area contributed by atoms with Crippen molar-refractivity contribution < 1.29 is 9.53 Å². The van der Waals surface area contributed by atoms with Gasteiger partial charge in [0, 0.05) is 23.5 Å². The summed E-state index contributed by atoms with van der Waals surface area (Å²) in [6, 6.07) is 7.27. The molecule has 0 aliphatic rings. The van der Waals surface area contributed by atoms with Crippen molar-refractivity contribution in [1.82, 2.24) is 4.98 Å². The van der Waals surface area contributed by atoms with Crippen LogP contribution < -0.4 is 5.73 Å². The number of fused-ring (bicyclic) bond motifs is 1. The first kappa shape index (κ1) is 13.4. The molecule has 2 aromatic rings. The normalized spacial score (nSPS) is 12.3. The summed E-state index contributed by atoms with van der Waals surface area (Å²) in [4.78, 5) is 14.9. The molecule has 4 heteroatoms. The molecule has 0 spiro atoms. The summed E-state index contributed by atoms with van der Waals surface area (Å²) in [5.74, 6) is -0.395. The van der Waals surface area contributed by atoms with Crippen LogP contribution in [0.25, 0.3) is 10.9 Å². The van der Waals surface area contributed by atoms with Crippen LogP contribution in [-0.4, -0.2) is 23.6 Å². The fourth-order valence-electron chi connectivity index (χ4n) is 1.92. The van der Waals surface area contributed by atoms with Crippen molar-refractivity contribution in [3.05, 3.63) is 48.2 Å². The van der Waals surface area contributed by atoms with Gasteiger partial charge in [0.15, 0.2) is 0 Å². The van der Waals surface area contributed by atoms with E-state index in [4.69, 9.17) is 10.5 Å². The summed E-state index contributed by atoms with van der Waals surface area (Å²) in [6.45, 7) is 5.71. The van der Waals surface area contributed by atoms with Gasteiger partial charge in [-0.3, -0.25) is 4.79 Å². The van der Waals surface area contributed by atoms with E-state index < -0.39 is 12.0 Å². The second-order valence-electron chi connectivity index (χ2n) is 4.73. The molecule has 0 bridgehead atoms. The Labute approximate surface area is 112 Å². The van der Waals surface area contributed by atoms with Gasteiger partial charge in [0.1, 0.15) is 12.6 Å². The van der Waals surface area contributed by atoms with Crippen molar-refractivity contribution >= 4 is 16.9 Å². The van der Waals surface area contributed by atoms with Crippen LogP contribution in [0.2, 0.25) is 0 Å². The summed E-state index contributed by atoms with van der Waals surface area (Å²) in [6.07, 6.45) is 2.34. The minimum Gasteiger partial charge on any atom is -0.460 e. The quantitative estimate of drug-likeness (QED) is 0.638. The minimum absolute atomic E-state index is 0.223. The number of carbonyl (C=O) groups is 1. The first-order valence-corrected chi connectivity index (χ1v) is 6.19. The zero-order valence-electron chi connectivity index (χ0n) is 11.0. The summed E-state index contributed by atoms with van der Waals surface area (Å²) in [5, 5.41) is 1.09. The molecular formula is C15H18N2O2. The molecule has 0 amide bonds. The standard InChI is InChI=1S/C15H18N2O2/c1-10(2)9-19-15(18)13(16)7-11-8-17-14-6-4-3-5-12(11)14/h3-6,8,13,17H,1,7,9,16H2,2H3/t13-/m0/s1. The molecule has 0 unspecified atom stereocenters. The Kier molecular flexibility index (Phi) is 4.02. The molecule has 4 nitrogen and oxygen atoms in total. The van der Waals surface area contributed by atoms with E-state index in [0.717, 1.165) is 22.0 Å². The van der Waals surface area contributed by atoms with Gasteiger partial charge in [-0.25, -0.2) is 0 Å². The van der Waals surface area contributed by atoms with Crippen LogP contribution in [0.1, 0.15) is 12.5 Å². The maximum Gasteiger partial charge on any atom is 0.323 e. The largest absolute Gasteiger partial charge is 0.460 e. The lowest BCUT2D eigenvalue weighted by atomic mass is 10.1. The smallest absolute Gasteiger partial charge is 0.323 e. The van der Waals surface area contributed by atoms with E-state index in [2.05, 4.69) is 11.6 Å². The predicted octanol–water partition coefficient (Wildman–Crippen LogP) is 2.16. The molecule has 1 heterocycles. The third-order valence-corrected chi connectivity index (χ3v) is 2.88. The van der Waals surface area contributed by atoms with Crippen LogP contribution >= 0.6 is 0 Å². The molecule has 1 aromatic carbocycles. The number of hydrogen-bond acceptors (Lipinski definition) is 3. The number of benzene rings is 1. The number of nitrogens with two attached hydrogens (primary N) is 1. The fraction of sp³-hybridized carbons (Fsp3) is 0.267. The number of carbonyl (C=O) groups excluding carboxylic acids is 1. The van der Waals surface area contributed by atoms with Gasteiger partial charge in [0.25, 0.3) is 0 Å². The number of rotatable bonds is 5. The number of H-pyrrole nitrogens is 1. The highest BCUT2D eigenvalue weighted by Crippen LogP contribution is 2.18. The Balaban J connectivity index is 2.04. The lowest BCUT2D eigenvalue weighted by Gasteiger charge is -2.11. The van der Waals surface area contributed by atoms with Crippen molar-refractivity contribution in [3.8, 4) is 0 Å². The fourth-order valence-corrected chi connectivity index (χ4v) is 1.92. The number of aromatic nitrogens is 1. The first-order chi connectivity index (χ1) is 9.08. The monoisotopic (exact) mass is 258 g/mol. The Morgan fingerprint density at radius 3 is 2.95 bits per heavy atom. The number of aromatic amines is 1. The predicted molar refractivity (Wildman–Crippen MR) is 75.8 cm³/mol. The minimum atomic E-state index is -0.654. The van der Waals surface area contributed by atoms with Gasteiger partial charge in [0.05, 0.1) is 0 Å². The van der Waals surface area contributed by atoms with E-state index in [0.29, 0.717) is 6.42 Å². The molecule has 0 fully saturated rings. The van der Waals surface area contributed by atoms with Crippen LogP contribution in [0.5, 0.6) is 0 Å². The Morgan fingerprint density at radius 1 is 1.47 bits per heavy atom. The topological polar surface area (TPSA) is 68.1 Å². The SMILES string of the molecule is C=C(C)COC(=O)[C@@H](N)Cc1c[nH]c2ccccc12. The first-order valence-electron chi connectivity index (χ1n) is 6.19. The molecule has 1 atom stereocenters. The van der Waals surface area contributed by atoms with Crippen molar-refractivity contribution in [2.75, 3.05) is 6.61 Å². The van der Waals surface area contributed by atoms with E-state index in [1.54, 1.807) is 6.92 Å². The Bertz CT molecular complexity index is 601. The van der Waals surface area contributed by atoms with Crippen LogP contribution in [0.3, 0.4) is 0 Å². The van der Waals surface area contributed by atoms with Crippen molar-refractivity contribution in [2.45, 2.75) is 19.4 Å². The van der Waals surface area contributed by atoms with Gasteiger partial charge < -0.3 is 15.5 Å². The molecule has 0 radical (unpaired) electrons. The summed E-state index contributed by atoms with van der Waals surface area (Å²) >= 11 is 0. The van der Waals surface area contributed by atoms with E-state index in [1.165, 1.54) is 0 Å². The molecule has 0 aliphatic carbocycles. The molecule has 0 saturated heterocycles. The van der Waals surface area contributed by atoms with E-state index in [9.17, 15) is 4.79 Å². The van der Waals surface area contributed by atoms with E-state index in [1.807, 2.05) is 30.5 Å². The zero-order chi connectivity index (χ0) is 13.8. The van der Waals surface area contributed by atoms with Crippen molar-refractivity contribution in [3.63, 3.8) is 0 Å². The molecule has 2 rings (SSSR count). The van der Waals surface area contributed by atoms with Gasteiger partial charge in [-0.05, 0) is 24.1 Å². The third-order valence-electron chi connectivity index (χ3n) is 2.88. The Morgan fingerprint density at radius 2 is 2.21 bits per heavy atom. The second kappa shape index (κ2) is 5.71. The second-order valence-corrected chi connectivity index (χ2v) is 4.73. The van der Waals surface area contributed by atoms with Crippen LogP contribution in [-0.2, 0) is 16.0 Å². The number of nitrogens with one attached hydrogen (secondary N) is 1. The van der Waals surface area contributed by atoms with E-state index >= 15 is 0 Å². The average molecular weight is 258 g/mol. The maximum atomic E-state index is 11.7. The summed E-state index contributed by atoms with van der Waals surface area (Å²) in [5.41, 5.74) is 8.73. The summed E-state index contributed by atoms with van der Waals surface area (Å²) in [7, 11) is 0. The Hall–Kier alpha value is -2.07. The van der Waals surface area contributed by atoms with Gasteiger partial charge in [0.2, 0.25) is 0 Å². The lowest BCUT2D eigenvalue weighted by molar-refractivity contribution is -0.144. The third kappa shape index (κ3) is 3.23. The van der Waals surface area contributed by atoms with Gasteiger partial charge in [-0.2, -0.15) is 0 Å². The molecule has 1 aromatic heterocycles. The van der Waals surface area contributed by atoms with Crippen LogP contribution in [0, 0.1) is 0 Å². The van der Waals surface area contributed by atoms with Crippen LogP contribution in [0.4, 0.5) is 0 Å². The molecule has 19 heavy (non-hydrogen) atoms. The van der Waals surface area contributed by atoms with Gasteiger partial charge >= 0.3 is 5.97 Å². The van der Waals surface area contributed by atoms with Gasteiger partial charge in [-0.1, -0.05) is 24.8 Å². The highest BCUT2D eigenvalue weighted by atomic mass is 16.5. The van der Waals surface area contributed by atoms with Crippen molar-refractivity contribution in [2.24, 2.45) is 5.73 Å². The average Bonchev–Trinajstić information content (AvgIpc) is 2.79. The molecule has 3 N–H and O–H groups in total.